The molecule has 3 rings (SSSR count). The van der Waals surface area contributed by atoms with Gasteiger partial charge < -0.3 is 5.32 Å². The third-order valence-electron chi connectivity index (χ3n) is 4.26. The number of halogens is 1. The Hall–Kier alpha value is -1.95. The van der Waals surface area contributed by atoms with E-state index in [2.05, 4.69) is 47.1 Å². The first-order valence-electron chi connectivity index (χ1n) is 8.84. The minimum atomic E-state index is -0.184. The van der Waals surface area contributed by atoms with E-state index in [1.54, 1.807) is 11.9 Å². The second-order valence-electron chi connectivity index (χ2n) is 6.54. The first-order valence-corrected chi connectivity index (χ1v) is 9.65. The molecule has 0 saturated heterocycles. The number of hydrogen-bond donors (Lipinski definition) is 2. The lowest BCUT2D eigenvalue weighted by molar-refractivity contribution is 0.585. The van der Waals surface area contributed by atoms with Gasteiger partial charge in [0.25, 0.3) is 0 Å². The number of nitrogens with zero attached hydrogens (tertiary/aromatic N) is 1. The van der Waals surface area contributed by atoms with Crippen molar-refractivity contribution in [3.05, 3.63) is 71.8 Å². The molecule has 0 unspecified atom stereocenters. The minimum Gasteiger partial charge on any atom is -0.315 e. The third kappa shape index (κ3) is 5.27. The van der Waals surface area contributed by atoms with Gasteiger partial charge in [-0.2, -0.15) is 0 Å². The van der Waals surface area contributed by atoms with Crippen LogP contribution >= 0.6 is 11.9 Å². The highest BCUT2D eigenvalue weighted by Crippen LogP contribution is 2.23. The zero-order chi connectivity index (χ0) is 18.4. The largest absolute Gasteiger partial charge is 0.315 e. The Morgan fingerprint density at radius 1 is 1.12 bits per heavy atom. The molecule has 26 heavy (non-hydrogen) atoms. The molecule has 136 valence electrons. The lowest BCUT2D eigenvalue weighted by Crippen LogP contribution is -2.33. The summed E-state index contributed by atoms with van der Waals surface area (Å²) in [7, 11) is 0. The summed E-state index contributed by atoms with van der Waals surface area (Å²) in [6.07, 6.45) is 4.70. The van der Waals surface area contributed by atoms with E-state index < -0.39 is 0 Å². The predicted molar refractivity (Wildman–Crippen MR) is 108 cm³/mol. The maximum Gasteiger partial charge on any atom is 0.123 e. The average Bonchev–Trinajstić information content (AvgIpc) is 2.65. The van der Waals surface area contributed by atoms with Crippen molar-refractivity contribution in [1.29, 1.82) is 0 Å². The van der Waals surface area contributed by atoms with Crippen molar-refractivity contribution in [3.8, 4) is 0 Å². The molecule has 2 aromatic carbocycles. The first-order chi connectivity index (χ1) is 12.6. The summed E-state index contributed by atoms with van der Waals surface area (Å²) in [5.74, 6) is -0.184. The number of aromatic nitrogens is 1. The van der Waals surface area contributed by atoms with E-state index in [9.17, 15) is 4.39 Å². The molecule has 0 aliphatic rings. The fourth-order valence-corrected chi connectivity index (χ4v) is 3.50. The topological polar surface area (TPSA) is 37.0 Å². The Labute approximate surface area is 158 Å². The summed E-state index contributed by atoms with van der Waals surface area (Å²) in [4.78, 5) is 5.43. The second-order valence-corrected chi connectivity index (χ2v) is 7.45. The lowest BCUT2D eigenvalue weighted by Gasteiger charge is -2.14. The van der Waals surface area contributed by atoms with E-state index in [0.717, 1.165) is 25.1 Å². The monoisotopic (exact) mass is 369 g/mol. The van der Waals surface area contributed by atoms with Crippen LogP contribution in [0.4, 0.5) is 4.39 Å². The van der Waals surface area contributed by atoms with Gasteiger partial charge in [-0.25, -0.2) is 4.39 Å². The number of rotatable bonds is 8. The van der Waals surface area contributed by atoms with Crippen molar-refractivity contribution in [2.75, 3.05) is 13.1 Å². The normalized spacial score (nSPS) is 12.4. The van der Waals surface area contributed by atoms with Crippen LogP contribution in [0.5, 0.6) is 0 Å². The number of benzene rings is 2. The molecule has 0 bridgehead atoms. The minimum absolute atomic E-state index is 0.184. The lowest BCUT2D eigenvalue weighted by atomic mass is 10.1. The quantitative estimate of drug-likeness (QED) is 0.453. The van der Waals surface area contributed by atoms with Gasteiger partial charge in [-0.15, -0.1) is 0 Å². The van der Waals surface area contributed by atoms with Gasteiger partial charge in [0.05, 0.1) is 0 Å². The Kier molecular flexibility index (Phi) is 6.61. The van der Waals surface area contributed by atoms with Crippen LogP contribution in [0, 0.1) is 12.7 Å². The maximum atomic E-state index is 12.9. The van der Waals surface area contributed by atoms with Crippen molar-refractivity contribution in [2.24, 2.45) is 0 Å². The molecule has 2 N–H and O–H groups in total. The fraction of sp³-hybridized carbons (Fsp3) is 0.286. The Morgan fingerprint density at radius 2 is 1.92 bits per heavy atom. The van der Waals surface area contributed by atoms with E-state index in [0.29, 0.717) is 6.04 Å². The van der Waals surface area contributed by atoms with Crippen molar-refractivity contribution in [2.45, 2.75) is 31.2 Å². The van der Waals surface area contributed by atoms with E-state index >= 15 is 0 Å². The molecule has 1 heterocycles. The molecule has 3 aromatic rings. The smallest absolute Gasteiger partial charge is 0.123 e. The van der Waals surface area contributed by atoms with E-state index in [4.69, 9.17) is 0 Å². The van der Waals surface area contributed by atoms with E-state index in [1.807, 2.05) is 24.5 Å². The van der Waals surface area contributed by atoms with Gasteiger partial charge >= 0.3 is 0 Å². The molecule has 5 heteroatoms. The summed E-state index contributed by atoms with van der Waals surface area (Å²) in [5, 5.41) is 5.86. The first kappa shape index (κ1) is 18.8. The van der Waals surface area contributed by atoms with Crippen LogP contribution in [-0.2, 0) is 6.42 Å². The zero-order valence-electron chi connectivity index (χ0n) is 15.1. The maximum absolute atomic E-state index is 12.9. The summed E-state index contributed by atoms with van der Waals surface area (Å²) < 4.78 is 16.4. The summed E-state index contributed by atoms with van der Waals surface area (Å²) in [6.45, 7) is 6.01. The van der Waals surface area contributed by atoms with Gasteiger partial charge in [-0.1, -0.05) is 18.2 Å². The molecular weight excluding hydrogens is 345 g/mol. The SMILES string of the molecule is Cc1cncc2ccc(SN[C@H](C)CNCCc3ccc(F)cc3)cc12. The van der Waals surface area contributed by atoms with Crippen LogP contribution in [0.25, 0.3) is 10.8 Å². The van der Waals surface area contributed by atoms with Crippen LogP contribution in [-0.4, -0.2) is 24.1 Å². The number of nitrogens with one attached hydrogen (secondary N) is 2. The van der Waals surface area contributed by atoms with Gasteiger partial charge in [0.1, 0.15) is 5.82 Å². The molecule has 0 aliphatic heterocycles. The van der Waals surface area contributed by atoms with Crippen LogP contribution in [0.15, 0.2) is 59.8 Å². The van der Waals surface area contributed by atoms with E-state index in [-0.39, 0.29) is 5.82 Å². The van der Waals surface area contributed by atoms with E-state index in [1.165, 1.54) is 33.4 Å². The molecule has 0 aliphatic carbocycles. The van der Waals surface area contributed by atoms with Crippen molar-refractivity contribution < 1.29 is 4.39 Å². The van der Waals surface area contributed by atoms with Gasteiger partial charge in [0.15, 0.2) is 0 Å². The van der Waals surface area contributed by atoms with Gasteiger partial charge in [-0.3, -0.25) is 9.71 Å². The highest BCUT2D eigenvalue weighted by molar-refractivity contribution is 7.97. The van der Waals surface area contributed by atoms with Crippen LogP contribution < -0.4 is 10.0 Å². The number of fused-ring (bicyclic) bond motifs is 1. The van der Waals surface area contributed by atoms with Gasteiger partial charge in [0, 0.05) is 35.3 Å². The van der Waals surface area contributed by atoms with Crippen LogP contribution in [0.2, 0.25) is 0 Å². The third-order valence-corrected chi connectivity index (χ3v) is 5.27. The number of pyridine rings is 1. The van der Waals surface area contributed by atoms with Crippen molar-refractivity contribution >= 4 is 22.7 Å². The fourth-order valence-electron chi connectivity index (χ4n) is 2.76. The highest BCUT2D eigenvalue weighted by atomic mass is 32.2. The van der Waals surface area contributed by atoms with Crippen molar-refractivity contribution in [1.82, 2.24) is 15.0 Å². The average molecular weight is 370 g/mol. The summed E-state index contributed by atoms with van der Waals surface area (Å²) in [6, 6.07) is 13.5. The summed E-state index contributed by atoms with van der Waals surface area (Å²) >= 11 is 1.66. The number of aryl methyl sites for hydroxylation is 1. The highest BCUT2D eigenvalue weighted by Gasteiger charge is 2.04. The van der Waals surface area contributed by atoms with Gasteiger partial charge in [-0.05, 0) is 79.5 Å². The van der Waals surface area contributed by atoms with Crippen LogP contribution in [0.1, 0.15) is 18.1 Å². The Morgan fingerprint density at radius 3 is 2.73 bits per heavy atom. The molecule has 1 aromatic heterocycles. The second kappa shape index (κ2) is 9.12. The summed E-state index contributed by atoms with van der Waals surface area (Å²) in [5.41, 5.74) is 2.34. The zero-order valence-corrected chi connectivity index (χ0v) is 15.9. The molecule has 0 fully saturated rings. The standard InChI is InChI=1S/C21H24FN3S/c1-15-12-24-14-18-5-8-20(11-21(15)18)26-25-16(2)13-23-10-9-17-3-6-19(22)7-4-17/h3-8,11-12,14,16,23,25H,9-10,13H2,1-2H3/t16-/m1/s1. The predicted octanol–water partition coefficient (Wildman–Crippen LogP) is 4.50. The van der Waals surface area contributed by atoms with Crippen molar-refractivity contribution in [3.63, 3.8) is 0 Å². The molecule has 3 nitrogen and oxygen atoms in total. The molecule has 0 saturated carbocycles. The van der Waals surface area contributed by atoms with Crippen LogP contribution in [0.3, 0.4) is 0 Å². The number of hydrogen-bond acceptors (Lipinski definition) is 4. The molecular formula is C21H24FN3S. The molecule has 0 spiro atoms. The Bertz CT molecular complexity index is 852. The molecule has 0 radical (unpaired) electrons. The Balaban J connectivity index is 1.41. The molecule has 0 amide bonds. The molecule has 1 atom stereocenters. The van der Waals surface area contributed by atoms with Gasteiger partial charge in [0.2, 0.25) is 0 Å².